The van der Waals surface area contributed by atoms with E-state index in [2.05, 4.69) is 24.1 Å². The first kappa shape index (κ1) is 15.9. The van der Waals surface area contributed by atoms with E-state index in [1.54, 1.807) is 0 Å². The summed E-state index contributed by atoms with van der Waals surface area (Å²) in [4.78, 5) is 2.55. The van der Waals surface area contributed by atoms with Crippen molar-refractivity contribution in [2.24, 2.45) is 5.92 Å². The van der Waals surface area contributed by atoms with Gasteiger partial charge in [0.05, 0.1) is 13.2 Å². The summed E-state index contributed by atoms with van der Waals surface area (Å²) in [5.41, 5.74) is 0. The smallest absolute Gasteiger partial charge is 0.0593 e. The van der Waals surface area contributed by atoms with Crippen molar-refractivity contribution in [2.45, 2.75) is 32.7 Å². The summed E-state index contributed by atoms with van der Waals surface area (Å²) in [7, 11) is 2.04. The highest BCUT2D eigenvalue weighted by atomic mass is 16.5. The first-order valence-electron chi connectivity index (χ1n) is 7.37. The van der Waals surface area contributed by atoms with Gasteiger partial charge in [0.25, 0.3) is 0 Å². The fraction of sp³-hybridized carbons (Fsp3) is 1.00. The van der Waals surface area contributed by atoms with E-state index in [0.717, 1.165) is 58.0 Å². The molecule has 1 rings (SSSR count). The lowest BCUT2D eigenvalue weighted by Crippen LogP contribution is -2.52. The zero-order chi connectivity index (χ0) is 13.2. The van der Waals surface area contributed by atoms with Crippen molar-refractivity contribution in [1.82, 2.24) is 10.2 Å². The molecule has 0 radical (unpaired) electrons. The maximum absolute atomic E-state index is 5.49. The Kier molecular flexibility index (Phi) is 8.59. The molecule has 0 aliphatic heterocycles. The summed E-state index contributed by atoms with van der Waals surface area (Å²) in [5, 5.41) is 3.30. The molecule has 2 atom stereocenters. The monoisotopic (exact) mass is 258 g/mol. The fourth-order valence-corrected chi connectivity index (χ4v) is 2.63. The second-order valence-corrected chi connectivity index (χ2v) is 4.89. The largest absolute Gasteiger partial charge is 0.380 e. The van der Waals surface area contributed by atoms with Gasteiger partial charge >= 0.3 is 0 Å². The highest BCUT2D eigenvalue weighted by Crippen LogP contribution is 2.31. The van der Waals surface area contributed by atoms with E-state index in [1.165, 1.54) is 12.8 Å². The summed E-state index contributed by atoms with van der Waals surface area (Å²) < 4.78 is 11.0. The molecule has 0 aromatic rings. The number of hydrogen-bond donors (Lipinski definition) is 1. The number of hydrogen-bond acceptors (Lipinski definition) is 4. The first-order chi connectivity index (χ1) is 8.83. The van der Waals surface area contributed by atoms with Gasteiger partial charge in [0.15, 0.2) is 0 Å². The third kappa shape index (κ3) is 5.22. The molecule has 108 valence electrons. The van der Waals surface area contributed by atoms with Crippen molar-refractivity contribution in [1.29, 1.82) is 0 Å². The molecule has 0 heterocycles. The van der Waals surface area contributed by atoms with E-state index in [0.29, 0.717) is 0 Å². The normalized spacial score (nSPS) is 23.3. The molecular formula is C14H30N2O2. The minimum atomic E-state index is 0.721. The van der Waals surface area contributed by atoms with E-state index >= 15 is 0 Å². The average molecular weight is 258 g/mol. The van der Waals surface area contributed by atoms with Gasteiger partial charge in [-0.25, -0.2) is 0 Å². The van der Waals surface area contributed by atoms with Crippen LogP contribution in [0.5, 0.6) is 0 Å². The second kappa shape index (κ2) is 9.73. The van der Waals surface area contributed by atoms with Crippen molar-refractivity contribution in [3.05, 3.63) is 0 Å². The Labute approximate surface area is 112 Å². The molecule has 18 heavy (non-hydrogen) atoms. The fourth-order valence-electron chi connectivity index (χ4n) is 2.63. The Morgan fingerprint density at radius 2 is 1.67 bits per heavy atom. The van der Waals surface area contributed by atoms with Crippen molar-refractivity contribution in [3.63, 3.8) is 0 Å². The van der Waals surface area contributed by atoms with Crippen molar-refractivity contribution >= 4 is 0 Å². The number of nitrogens with zero attached hydrogens (tertiary/aromatic N) is 1. The number of rotatable bonds is 11. The standard InChI is InChI=1S/C14H30N2O2/c1-4-17-10-8-16(9-11-18-5-2)14-7-6-13(14)12-15-3/h13-15H,4-12H2,1-3H3. The first-order valence-corrected chi connectivity index (χ1v) is 7.37. The molecule has 1 fully saturated rings. The predicted molar refractivity (Wildman–Crippen MR) is 75.0 cm³/mol. The van der Waals surface area contributed by atoms with Crippen LogP contribution in [0.2, 0.25) is 0 Å². The van der Waals surface area contributed by atoms with E-state index in [9.17, 15) is 0 Å². The van der Waals surface area contributed by atoms with Crippen molar-refractivity contribution in [2.75, 3.05) is 53.1 Å². The van der Waals surface area contributed by atoms with E-state index in [4.69, 9.17) is 9.47 Å². The average Bonchev–Trinajstić information content (AvgIpc) is 2.35. The summed E-state index contributed by atoms with van der Waals surface area (Å²) in [6.07, 6.45) is 2.68. The van der Waals surface area contributed by atoms with Gasteiger partial charge in [-0.1, -0.05) is 0 Å². The molecule has 4 heteroatoms. The summed E-state index contributed by atoms with van der Waals surface area (Å²) in [6.45, 7) is 10.6. The van der Waals surface area contributed by atoms with Crippen LogP contribution in [-0.2, 0) is 9.47 Å². The molecule has 0 bridgehead atoms. The maximum atomic E-state index is 5.49. The van der Waals surface area contributed by atoms with Gasteiger partial charge in [-0.05, 0) is 46.2 Å². The molecule has 1 saturated carbocycles. The topological polar surface area (TPSA) is 33.7 Å². The lowest BCUT2D eigenvalue weighted by Gasteiger charge is -2.44. The SMILES string of the molecule is CCOCCN(CCOCC)C1CCC1CNC. The van der Waals surface area contributed by atoms with Crippen molar-refractivity contribution < 1.29 is 9.47 Å². The molecule has 0 spiro atoms. The van der Waals surface area contributed by atoms with Crippen LogP contribution < -0.4 is 5.32 Å². The van der Waals surface area contributed by atoms with Crippen LogP contribution in [0.3, 0.4) is 0 Å². The lowest BCUT2D eigenvalue weighted by molar-refractivity contribution is 0.0124. The van der Waals surface area contributed by atoms with Gasteiger partial charge in [0, 0.05) is 32.3 Å². The molecule has 0 amide bonds. The highest BCUT2D eigenvalue weighted by Gasteiger charge is 2.34. The third-order valence-electron chi connectivity index (χ3n) is 3.77. The van der Waals surface area contributed by atoms with E-state index in [-0.39, 0.29) is 0 Å². The molecule has 2 unspecified atom stereocenters. The predicted octanol–water partition coefficient (Wildman–Crippen LogP) is 1.36. The molecule has 0 aromatic heterocycles. The minimum Gasteiger partial charge on any atom is -0.380 e. The Bertz CT molecular complexity index is 192. The molecular weight excluding hydrogens is 228 g/mol. The van der Waals surface area contributed by atoms with Gasteiger partial charge in [-0.3, -0.25) is 4.90 Å². The Morgan fingerprint density at radius 3 is 2.06 bits per heavy atom. The molecule has 1 aliphatic rings. The highest BCUT2D eigenvalue weighted by molar-refractivity contribution is 4.89. The van der Waals surface area contributed by atoms with Crippen LogP contribution in [0.1, 0.15) is 26.7 Å². The van der Waals surface area contributed by atoms with Gasteiger partial charge in [0.1, 0.15) is 0 Å². The Morgan fingerprint density at radius 1 is 1.06 bits per heavy atom. The molecule has 1 aliphatic carbocycles. The number of nitrogens with one attached hydrogen (secondary N) is 1. The van der Waals surface area contributed by atoms with Crippen LogP contribution in [0.15, 0.2) is 0 Å². The lowest BCUT2D eigenvalue weighted by atomic mass is 9.78. The summed E-state index contributed by atoms with van der Waals surface area (Å²) >= 11 is 0. The number of ether oxygens (including phenoxy) is 2. The Balaban J connectivity index is 2.32. The van der Waals surface area contributed by atoms with Gasteiger partial charge in [-0.15, -0.1) is 0 Å². The van der Waals surface area contributed by atoms with Crippen LogP contribution in [0.25, 0.3) is 0 Å². The maximum Gasteiger partial charge on any atom is 0.0593 e. The summed E-state index contributed by atoms with van der Waals surface area (Å²) in [5.74, 6) is 0.804. The zero-order valence-corrected chi connectivity index (χ0v) is 12.3. The second-order valence-electron chi connectivity index (χ2n) is 4.89. The van der Waals surface area contributed by atoms with Crippen LogP contribution in [0.4, 0.5) is 0 Å². The quantitative estimate of drug-likeness (QED) is 0.567. The third-order valence-corrected chi connectivity index (χ3v) is 3.77. The molecule has 0 saturated heterocycles. The van der Waals surface area contributed by atoms with Crippen LogP contribution in [0, 0.1) is 5.92 Å². The van der Waals surface area contributed by atoms with Gasteiger partial charge in [0.2, 0.25) is 0 Å². The van der Waals surface area contributed by atoms with Gasteiger partial charge < -0.3 is 14.8 Å². The van der Waals surface area contributed by atoms with E-state index < -0.39 is 0 Å². The summed E-state index contributed by atoms with van der Waals surface area (Å²) in [6, 6.07) is 0.721. The zero-order valence-electron chi connectivity index (χ0n) is 12.3. The van der Waals surface area contributed by atoms with Crippen LogP contribution >= 0.6 is 0 Å². The van der Waals surface area contributed by atoms with Gasteiger partial charge in [-0.2, -0.15) is 0 Å². The van der Waals surface area contributed by atoms with Crippen molar-refractivity contribution in [3.8, 4) is 0 Å². The Hall–Kier alpha value is -0.160. The van der Waals surface area contributed by atoms with Crippen LogP contribution in [-0.4, -0.2) is 64.1 Å². The minimum absolute atomic E-state index is 0.721. The molecule has 0 aromatic carbocycles. The molecule has 4 nitrogen and oxygen atoms in total. The van der Waals surface area contributed by atoms with E-state index in [1.807, 2.05) is 7.05 Å². The molecule has 1 N–H and O–H groups in total.